The Morgan fingerprint density at radius 1 is 1.22 bits per heavy atom. The van der Waals surface area contributed by atoms with Gasteiger partial charge in [0.05, 0.1) is 0 Å². The number of halogens is 4. The number of hydrogen-bond donors (Lipinski definition) is 0. The summed E-state index contributed by atoms with van der Waals surface area (Å²) in [7, 11) is 0. The summed E-state index contributed by atoms with van der Waals surface area (Å²) in [5.41, 5.74) is 0.158. The lowest BCUT2D eigenvalue weighted by molar-refractivity contribution is -0.189. The molecule has 0 saturated carbocycles. The molecule has 4 nitrogen and oxygen atoms in total. The zero-order valence-electron chi connectivity index (χ0n) is 12.7. The molecule has 1 aromatic carbocycles. The van der Waals surface area contributed by atoms with E-state index in [0.29, 0.717) is 0 Å². The van der Waals surface area contributed by atoms with Crippen LogP contribution in [0.1, 0.15) is 19.4 Å². The predicted molar refractivity (Wildman–Crippen MR) is 73.7 cm³/mol. The van der Waals surface area contributed by atoms with E-state index in [-0.39, 0.29) is 24.6 Å². The Balaban J connectivity index is 2.82. The molecule has 0 aliphatic heterocycles. The molecule has 0 fully saturated rings. The maximum Gasteiger partial charge on any atom is 0.422 e. The summed E-state index contributed by atoms with van der Waals surface area (Å²) in [6.07, 6.45) is -4.72. The topological polar surface area (TPSA) is 46.6 Å². The molecule has 1 amide bonds. The first-order chi connectivity index (χ1) is 10.6. The minimum atomic E-state index is -4.72. The fourth-order valence-electron chi connectivity index (χ4n) is 1.83. The van der Waals surface area contributed by atoms with Crippen LogP contribution in [0.25, 0.3) is 0 Å². The van der Waals surface area contributed by atoms with Crippen molar-refractivity contribution in [2.24, 2.45) is 5.92 Å². The van der Waals surface area contributed by atoms with E-state index in [1.807, 2.05) is 0 Å². The summed E-state index contributed by atoms with van der Waals surface area (Å²) in [4.78, 5) is 24.4. The molecule has 0 bridgehead atoms. The molecule has 0 heterocycles. The minimum Gasteiger partial charge on any atom is -0.449 e. The molecule has 8 heteroatoms. The van der Waals surface area contributed by atoms with Gasteiger partial charge in [-0.2, -0.15) is 13.2 Å². The van der Waals surface area contributed by atoms with Crippen LogP contribution >= 0.6 is 0 Å². The molecule has 0 aliphatic carbocycles. The first-order valence-corrected chi connectivity index (χ1v) is 6.86. The highest BCUT2D eigenvalue weighted by atomic mass is 19.4. The summed E-state index contributed by atoms with van der Waals surface area (Å²) in [5, 5.41) is 0. The normalized spacial score (nSPS) is 11.4. The van der Waals surface area contributed by atoms with Gasteiger partial charge in [0.15, 0.2) is 6.61 Å². The van der Waals surface area contributed by atoms with E-state index in [9.17, 15) is 27.2 Å². The van der Waals surface area contributed by atoms with Crippen LogP contribution in [0.4, 0.5) is 17.6 Å². The van der Waals surface area contributed by atoms with Crippen molar-refractivity contribution in [1.29, 1.82) is 0 Å². The number of nitrogens with zero attached hydrogens (tertiary/aromatic N) is 1. The van der Waals surface area contributed by atoms with Crippen molar-refractivity contribution in [2.75, 3.05) is 13.2 Å². The summed E-state index contributed by atoms with van der Waals surface area (Å²) >= 11 is 0. The van der Waals surface area contributed by atoms with E-state index in [1.54, 1.807) is 19.9 Å². The SMILES string of the molecule is CC(C)CN(Cc1ccccc1F)C(=O)C(=O)OCC(F)(F)F. The van der Waals surface area contributed by atoms with Crippen molar-refractivity contribution in [3.63, 3.8) is 0 Å². The average molecular weight is 335 g/mol. The molecule has 0 aliphatic rings. The van der Waals surface area contributed by atoms with Gasteiger partial charge in [-0.15, -0.1) is 0 Å². The number of carbonyl (C=O) groups excluding carboxylic acids is 2. The third-order valence-corrected chi connectivity index (χ3v) is 2.73. The first-order valence-electron chi connectivity index (χ1n) is 6.86. The maximum absolute atomic E-state index is 13.7. The molecule has 23 heavy (non-hydrogen) atoms. The lowest BCUT2D eigenvalue weighted by Crippen LogP contribution is -2.40. The van der Waals surface area contributed by atoms with Crippen LogP contribution in [-0.2, 0) is 20.9 Å². The van der Waals surface area contributed by atoms with Crippen molar-refractivity contribution in [3.8, 4) is 0 Å². The second kappa shape index (κ2) is 7.94. The number of hydrogen-bond acceptors (Lipinski definition) is 3. The van der Waals surface area contributed by atoms with Gasteiger partial charge < -0.3 is 9.64 Å². The lowest BCUT2D eigenvalue weighted by Gasteiger charge is -2.24. The monoisotopic (exact) mass is 335 g/mol. The Labute approximate surface area is 131 Å². The zero-order chi connectivity index (χ0) is 17.6. The highest BCUT2D eigenvalue weighted by molar-refractivity contribution is 6.32. The quantitative estimate of drug-likeness (QED) is 0.472. The van der Waals surface area contributed by atoms with Gasteiger partial charge in [-0.3, -0.25) is 4.79 Å². The van der Waals surface area contributed by atoms with Crippen molar-refractivity contribution in [2.45, 2.75) is 26.6 Å². The van der Waals surface area contributed by atoms with Gasteiger partial charge in [0.1, 0.15) is 5.82 Å². The van der Waals surface area contributed by atoms with Crippen LogP contribution in [0.3, 0.4) is 0 Å². The van der Waals surface area contributed by atoms with Gasteiger partial charge in [0.25, 0.3) is 0 Å². The Morgan fingerprint density at radius 2 is 1.83 bits per heavy atom. The molecule has 128 valence electrons. The van der Waals surface area contributed by atoms with Crippen LogP contribution in [-0.4, -0.2) is 36.1 Å². The second-order valence-electron chi connectivity index (χ2n) is 5.36. The highest BCUT2D eigenvalue weighted by Gasteiger charge is 2.32. The molecule has 0 saturated heterocycles. The fourth-order valence-corrected chi connectivity index (χ4v) is 1.83. The summed E-state index contributed by atoms with van der Waals surface area (Å²) in [5.74, 6) is -3.48. The molecule has 1 rings (SSSR count). The van der Waals surface area contributed by atoms with Gasteiger partial charge in [-0.1, -0.05) is 32.0 Å². The summed E-state index contributed by atoms with van der Waals surface area (Å²) < 4.78 is 53.7. The Bertz CT molecular complexity index is 558. The number of carbonyl (C=O) groups is 2. The number of ether oxygens (including phenoxy) is 1. The van der Waals surface area contributed by atoms with Gasteiger partial charge in [-0.05, 0) is 12.0 Å². The maximum atomic E-state index is 13.7. The average Bonchev–Trinajstić information content (AvgIpc) is 2.44. The molecule has 0 aromatic heterocycles. The molecule has 0 N–H and O–H groups in total. The van der Waals surface area contributed by atoms with Gasteiger partial charge in [0, 0.05) is 18.7 Å². The van der Waals surface area contributed by atoms with Crippen LogP contribution < -0.4 is 0 Å². The highest BCUT2D eigenvalue weighted by Crippen LogP contribution is 2.16. The van der Waals surface area contributed by atoms with E-state index in [2.05, 4.69) is 4.74 Å². The molecular formula is C15H17F4NO3. The van der Waals surface area contributed by atoms with Crippen molar-refractivity contribution in [1.82, 2.24) is 4.90 Å². The standard InChI is InChI=1S/C15H17F4NO3/c1-10(2)7-20(8-11-5-3-4-6-12(11)16)13(21)14(22)23-9-15(17,18)19/h3-6,10H,7-9H2,1-2H3. The Kier molecular flexibility index (Phi) is 6.53. The van der Waals surface area contributed by atoms with Gasteiger partial charge in [-0.25, -0.2) is 9.18 Å². The predicted octanol–water partition coefficient (Wildman–Crippen LogP) is 2.92. The van der Waals surface area contributed by atoms with Gasteiger partial charge in [0.2, 0.25) is 0 Å². The fraction of sp³-hybridized carbons (Fsp3) is 0.467. The number of amides is 1. The van der Waals surface area contributed by atoms with E-state index < -0.39 is 30.5 Å². The lowest BCUT2D eigenvalue weighted by atomic mass is 10.1. The van der Waals surface area contributed by atoms with Crippen LogP contribution in [0.15, 0.2) is 24.3 Å². The van der Waals surface area contributed by atoms with E-state index in [4.69, 9.17) is 0 Å². The Hall–Kier alpha value is -2.12. The van der Waals surface area contributed by atoms with Crippen molar-refractivity contribution >= 4 is 11.9 Å². The second-order valence-corrected chi connectivity index (χ2v) is 5.36. The van der Waals surface area contributed by atoms with Crippen LogP contribution in [0.2, 0.25) is 0 Å². The minimum absolute atomic E-state index is 0.0684. The molecule has 1 aromatic rings. The molecule has 0 radical (unpaired) electrons. The van der Waals surface area contributed by atoms with Crippen LogP contribution in [0, 0.1) is 11.7 Å². The molecule has 0 spiro atoms. The molecule has 0 unspecified atom stereocenters. The van der Waals surface area contributed by atoms with Crippen molar-refractivity contribution in [3.05, 3.63) is 35.6 Å². The van der Waals surface area contributed by atoms with Crippen LogP contribution in [0.5, 0.6) is 0 Å². The third kappa shape index (κ3) is 6.66. The number of esters is 1. The first kappa shape index (κ1) is 18.9. The third-order valence-electron chi connectivity index (χ3n) is 2.73. The van der Waals surface area contributed by atoms with Crippen molar-refractivity contribution < 1.29 is 31.9 Å². The molecule has 0 atom stereocenters. The van der Waals surface area contributed by atoms with E-state index in [1.165, 1.54) is 18.2 Å². The number of benzene rings is 1. The summed E-state index contributed by atoms with van der Waals surface area (Å²) in [6.45, 7) is 1.51. The molecular weight excluding hydrogens is 318 g/mol. The Morgan fingerprint density at radius 3 is 2.35 bits per heavy atom. The number of alkyl halides is 3. The van der Waals surface area contributed by atoms with Gasteiger partial charge >= 0.3 is 18.1 Å². The zero-order valence-corrected chi connectivity index (χ0v) is 12.7. The largest absolute Gasteiger partial charge is 0.449 e. The van der Waals surface area contributed by atoms with E-state index in [0.717, 1.165) is 4.90 Å². The summed E-state index contributed by atoms with van der Waals surface area (Å²) in [6, 6.07) is 5.63. The van der Waals surface area contributed by atoms with E-state index >= 15 is 0 Å². The number of rotatable bonds is 5. The smallest absolute Gasteiger partial charge is 0.422 e.